The number of aromatic nitrogens is 4. The highest BCUT2D eigenvalue weighted by Gasteiger charge is 2.10. The van der Waals surface area contributed by atoms with Crippen molar-refractivity contribution in [3.8, 4) is 0 Å². The highest BCUT2D eigenvalue weighted by molar-refractivity contribution is 9.10. The van der Waals surface area contributed by atoms with Crippen LogP contribution in [-0.2, 0) is 13.0 Å². The molecule has 6 nitrogen and oxygen atoms in total. The fourth-order valence-corrected chi connectivity index (χ4v) is 2.86. The van der Waals surface area contributed by atoms with E-state index in [9.17, 15) is 0 Å². The number of nitrogens with one attached hydrogen (secondary N) is 2. The lowest BCUT2D eigenvalue weighted by Gasteiger charge is -2.02. The van der Waals surface area contributed by atoms with Gasteiger partial charge in [-0.05, 0) is 18.2 Å². The molecule has 4 rings (SSSR count). The zero-order valence-corrected chi connectivity index (χ0v) is 13.8. The summed E-state index contributed by atoms with van der Waals surface area (Å²) in [6.07, 6.45) is 6.15. The average Bonchev–Trinajstić information content (AvgIpc) is 3.19. The fourth-order valence-electron chi connectivity index (χ4n) is 2.50. The Morgan fingerprint density at radius 2 is 2.17 bits per heavy atom. The van der Waals surface area contributed by atoms with Crippen LogP contribution in [0.25, 0.3) is 22.1 Å². The summed E-state index contributed by atoms with van der Waals surface area (Å²) in [5, 5.41) is 4.34. The number of imidazole rings is 1. The van der Waals surface area contributed by atoms with E-state index >= 15 is 0 Å². The zero-order chi connectivity index (χ0) is 15.6. The smallest absolute Gasteiger partial charge is 0.172 e. The second-order valence-electron chi connectivity index (χ2n) is 5.25. The van der Waals surface area contributed by atoms with Crippen molar-refractivity contribution in [2.75, 3.05) is 6.54 Å². The third-order valence-electron chi connectivity index (χ3n) is 3.63. The van der Waals surface area contributed by atoms with E-state index < -0.39 is 0 Å². The first-order valence-electron chi connectivity index (χ1n) is 7.31. The molecule has 0 atom stereocenters. The first-order valence-corrected chi connectivity index (χ1v) is 8.10. The van der Waals surface area contributed by atoms with E-state index in [1.807, 2.05) is 24.4 Å². The van der Waals surface area contributed by atoms with Crippen LogP contribution in [0, 0.1) is 0 Å². The maximum atomic E-state index is 5.76. The Morgan fingerprint density at radius 3 is 3.04 bits per heavy atom. The minimum Gasteiger partial charge on any atom is -0.453 e. The lowest BCUT2D eigenvalue weighted by atomic mass is 10.2. The van der Waals surface area contributed by atoms with Gasteiger partial charge in [0.1, 0.15) is 16.9 Å². The molecular weight excluding hydrogens is 358 g/mol. The van der Waals surface area contributed by atoms with Gasteiger partial charge in [-0.1, -0.05) is 15.9 Å². The number of nitrogens with zero attached hydrogens (tertiary/aromatic N) is 3. The van der Waals surface area contributed by atoms with E-state index in [2.05, 4.69) is 41.2 Å². The Morgan fingerprint density at radius 1 is 1.22 bits per heavy atom. The molecule has 0 aliphatic heterocycles. The molecule has 7 heteroatoms. The normalized spacial score (nSPS) is 11.5. The SMILES string of the molecule is Brc1ccc2oc3cnc(CNCCc4cnc[nH]4)nc3c2c1. The summed E-state index contributed by atoms with van der Waals surface area (Å²) < 4.78 is 6.76. The standard InChI is InChI=1S/C16H14BrN5O/c17-10-1-2-13-12(5-10)16-14(23-13)7-20-15(22-16)8-18-4-3-11-6-19-9-21-11/h1-2,5-7,9,18H,3-4,8H2,(H,19,21). The number of H-pyrrole nitrogens is 1. The molecule has 3 heterocycles. The van der Waals surface area contributed by atoms with E-state index in [-0.39, 0.29) is 0 Å². The Kier molecular flexibility index (Phi) is 3.80. The summed E-state index contributed by atoms with van der Waals surface area (Å²) in [5.74, 6) is 0.754. The molecule has 0 bridgehead atoms. The summed E-state index contributed by atoms with van der Waals surface area (Å²) in [4.78, 5) is 16.1. The first-order chi connectivity index (χ1) is 11.3. The molecule has 3 aromatic heterocycles. The van der Waals surface area contributed by atoms with Gasteiger partial charge >= 0.3 is 0 Å². The summed E-state index contributed by atoms with van der Waals surface area (Å²) in [6.45, 7) is 1.45. The van der Waals surface area contributed by atoms with Gasteiger partial charge in [-0.3, -0.25) is 0 Å². The minimum atomic E-state index is 0.616. The number of hydrogen-bond donors (Lipinski definition) is 2. The van der Waals surface area contributed by atoms with Gasteiger partial charge in [0.05, 0.1) is 19.1 Å². The molecule has 0 saturated heterocycles. The summed E-state index contributed by atoms with van der Waals surface area (Å²) in [6, 6.07) is 5.91. The highest BCUT2D eigenvalue weighted by Crippen LogP contribution is 2.29. The van der Waals surface area contributed by atoms with Crippen LogP contribution in [0.4, 0.5) is 0 Å². The van der Waals surface area contributed by atoms with Gasteiger partial charge in [-0.15, -0.1) is 0 Å². The summed E-state index contributed by atoms with van der Waals surface area (Å²) in [5.41, 5.74) is 3.49. The number of furan rings is 1. The average molecular weight is 372 g/mol. The number of halogens is 1. The third-order valence-corrected chi connectivity index (χ3v) is 4.12. The molecule has 0 radical (unpaired) electrons. The summed E-state index contributed by atoms with van der Waals surface area (Å²) >= 11 is 3.49. The van der Waals surface area contributed by atoms with Crippen molar-refractivity contribution in [2.24, 2.45) is 0 Å². The van der Waals surface area contributed by atoms with Crippen LogP contribution in [0.3, 0.4) is 0 Å². The molecule has 0 saturated carbocycles. The third kappa shape index (κ3) is 2.97. The molecule has 0 aliphatic rings. The molecule has 4 aromatic rings. The maximum absolute atomic E-state index is 5.76. The lowest BCUT2D eigenvalue weighted by Crippen LogP contribution is -2.18. The van der Waals surface area contributed by atoms with Gasteiger partial charge in [-0.25, -0.2) is 15.0 Å². The molecule has 1 aromatic carbocycles. The van der Waals surface area contributed by atoms with Crippen LogP contribution >= 0.6 is 15.9 Å². The molecule has 116 valence electrons. The van der Waals surface area contributed by atoms with E-state index in [1.54, 1.807) is 12.5 Å². The number of aromatic amines is 1. The van der Waals surface area contributed by atoms with Crippen molar-refractivity contribution >= 4 is 38.0 Å². The number of fused-ring (bicyclic) bond motifs is 3. The molecule has 0 fully saturated rings. The topological polar surface area (TPSA) is 79.6 Å². The van der Waals surface area contributed by atoms with Crippen LogP contribution in [0.5, 0.6) is 0 Å². The van der Waals surface area contributed by atoms with E-state index in [0.29, 0.717) is 12.1 Å². The monoisotopic (exact) mass is 371 g/mol. The van der Waals surface area contributed by atoms with Crippen molar-refractivity contribution in [3.63, 3.8) is 0 Å². The van der Waals surface area contributed by atoms with Gasteiger partial charge in [-0.2, -0.15) is 0 Å². The fraction of sp³-hybridized carbons (Fsp3) is 0.188. The Labute approximate surface area is 140 Å². The summed E-state index contributed by atoms with van der Waals surface area (Å²) in [7, 11) is 0. The van der Waals surface area contributed by atoms with Gasteiger partial charge in [0, 0.05) is 34.7 Å². The van der Waals surface area contributed by atoms with Crippen LogP contribution in [-0.4, -0.2) is 26.5 Å². The van der Waals surface area contributed by atoms with Crippen LogP contribution in [0.15, 0.2) is 45.8 Å². The molecule has 0 unspecified atom stereocenters. The van der Waals surface area contributed by atoms with Gasteiger partial charge in [0.15, 0.2) is 5.58 Å². The zero-order valence-electron chi connectivity index (χ0n) is 12.2. The molecule has 2 N–H and O–H groups in total. The molecule has 0 spiro atoms. The van der Waals surface area contributed by atoms with Crippen molar-refractivity contribution < 1.29 is 4.42 Å². The molecular formula is C16H14BrN5O. The lowest BCUT2D eigenvalue weighted by molar-refractivity contribution is 0.647. The second kappa shape index (κ2) is 6.10. The predicted octanol–water partition coefficient (Wildman–Crippen LogP) is 3.19. The Balaban J connectivity index is 1.51. The molecule has 0 amide bonds. The molecule has 23 heavy (non-hydrogen) atoms. The van der Waals surface area contributed by atoms with Crippen LogP contribution < -0.4 is 5.32 Å². The Hall–Kier alpha value is -2.25. The van der Waals surface area contributed by atoms with Gasteiger partial charge < -0.3 is 14.7 Å². The second-order valence-corrected chi connectivity index (χ2v) is 6.16. The first kappa shape index (κ1) is 14.3. The largest absolute Gasteiger partial charge is 0.453 e. The molecule has 0 aliphatic carbocycles. The predicted molar refractivity (Wildman–Crippen MR) is 91.0 cm³/mol. The van der Waals surface area contributed by atoms with Gasteiger partial charge in [0.25, 0.3) is 0 Å². The van der Waals surface area contributed by atoms with E-state index in [0.717, 1.165) is 45.4 Å². The van der Waals surface area contributed by atoms with Crippen molar-refractivity contribution in [2.45, 2.75) is 13.0 Å². The minimum absolute atomic E-state index is 0.616. The van der Waals surface area contributed by atoms with Crippen LogP contribution in [0.2, 0.25) is 0 Å². The van der Waals surface area contributed by atoms with E-state index in [4.69, 9.17) is 4.42 Å². The number of rotatable bonds is 5. The van der Waals surface area contributed by atoms with Crippen LogP contribution in [0.1, 0.15) is 11.5 Å². The Bertz CT molecular complexity index is 948. The number of hydrogen-bond acceptors (Lipinski definition) is 5. The van der Waals surface area contributed by atoms with Crippen molar-refractivity contribution in [3.05, 3.63) is 52.9 Å². The quantitative estimate of drug-likeness (QED) is 0.526. The number of benzene rings is 1. The van der Waals surface area contributed by atoms with Crippen molar-refractivity contribution in [1.82, 2.24) is 25.3 Å². The van der Waals surface area contributed by atoms with Gasteiger partial charge in [0.2, 0.25) is 0 Å². The maximum Gasteiger partial charge on any atom is 0.172 e. The van der Waals surface area contributed by atoms with Crippen molar-refractivity contribution in [1.29, 1.82) is 0 Å². The highest BCUT2D eigenvalue weighted by atomic mass is 79.9. The van der Waals surface area contributed by atoms with E-state index in [1.165, 1.54) is 0 Å².